The molecule has 0 aliphatic carbocycles. The smallest absolute Gasteiger partial charge is 0.292 e. The summed E-state index contributed by atoms with van der Waals surface area (Å²) in [4.78, 5) is 13.3. The summed E-state index contributed by atoms with van der Waals surface area (Å²) in [5, 5.41) is 0. The van der Waals surface area contributed by atoms with Crippen molar-refractivity contribution in [3.63, 3.8) is 0 Å². The zero-order chi connectivity index (χ0) is 15.1. The van der Waals surface area contributed by atoms with Crippen molar-refractivity contribution in [1.82, 2.24) is 4.98 Å². The first-order valence-corrected chi connectivity index (χ1v) is 6.44. The van der Waals surface area contributed by atoms with E-state index in [9.17, 15) is 4.39 Å². The van der Waals surface area contributed by atoms with Crippen LogP contribution in [-0.2, 0) is 9.53 Å². The number of anilines is 1. The molecule has 0 atom stereocenters. The number of aryl methyl sites for hydroxylation is 1. The van der Waals surface area contributed by atoms with Crippen LogP contribution < -0.4 is 5.73 Å². The van der Waals surface area contributed by atoms with E-state index >= 15 is 0 Å². The molecule has 2 aromatic rings. The molecule has 2 rings (SSSR count). The highest BCUT2D eigenvalue weighted by molar-refractivity contribution is 9.10. The molecule has 0 fully saturated rings. The molecule has 0 aliphatic heterocycles. The molecule has 0 spiro atoms. The maximum atomic E-state index is 12.8. The lowest BCUT2D eigenvalue weighted by molar-refractivity contribution is -0.126. The molecule has 1 heterocycles. The fraction of sp³-hybridized carbons (Fsp3) is 0.143. The lowest BCUT2D eigenvalue weighted by atomic mass is 10.1. The van der Waals surface area contributed by atoms with E-state index < -0.39 is 0 Å². The molecule has 0 unspecified atom stereocenters. The second-order valence-corrected chi connectivity index (χ2v) is 4.68. The van der Waals surface area contributed by atoms with Gasteiger partial charge < -0.3 is 10.5 Å². The number of rotatable bonds is 2. The summed E-state index contributed by atoms with van der Waals surface area (Å²) in [6.45, 7) is 2.29. The molecule has 0 saturated heterocycles. The van der Waals surface area contributed by atoms with Crippen LogP contribution >= 0.6 is 15.9 Å². The first-order valence-electron chi connectivity index (χ1n) is 5.64. The summed E-state index contributed by atoms with van der Waals surface area (Å²) >= 11 is 3.32. The van der Waals surface area contributed by atoms with Crippen molar-refractivity contribution in [2.45, 2.75) is 6.92 Å². The molecular formula is C14H14BrFN2O2. The van der Waals surface area contributed by atoms with E-state index in [1.54, 1.807) is 12.1 Å². The summed E-state index contributed by atoms with van der Waals surface area (Å²) in [5.41, 5.74) is 8.99. The number of halogens is 2. The van der Waals surface area contributed by atoms with Crippen LogP contribution in [0, 0.1) is 12.7 Å². The molecule has 0 amide bonds. The van der Waals surface area contributed by atoms with Crippen molar-refractivity contribution in [2.24, 2.45) is 0 Å². The van der Waals surface area contributed by atoms with Gasteiger partial charge in [0.15, 0.2) is 0 Å². The largest absolute Gasteiger partial charge is 0.471 e. The highest BCUT2D eigenvalue weighted by Gasteiger charge is 2.08. The Morgan fingerprint density at radius 1 is 1.35 bits per heavy atom. The lowest BCUT2D eigenvalue weighted by Gasteiger charge is -2.08. The first kappa shape index (κ1) is 16.1. The number of hydrogen-bond donors (Lipinski definition) is 1. The van der Waals surface area contributed by atoms with Gasteiger partial charge in [0.05, 0.1) is 18.5 Å². The fourth-order valence-corrected chi connectivity index (χ4v) is 1.99. The summed E-state index contributed by atoms with van der Waals surface area (Å²) in [6.07, 6.45) is 0. The number of nitrogen functional groups attached to an aromatic ring is 1. The zero-order valence-electron chi connectivity index (χ0n) is 11.1. The standard InChI is InChI=1S/C12H10BrFN2.C2H4O2/c1-7-6-10(13)16-12(11(7)15)8-2-4-9(14)5-3-8;1-4-2-3/h2-6H,15H2,1H3;2H,1H3. The van der Waals surface area contributed by atoms with E-state index in [0.29, 0.717) is 17.9 Å². The van der Waals surface area contributed by atoms with Gasteiger partial charge in [0, 0.05) is 5.56 Å². The Morgan fingerprint density at radius 2 is 1.90 bits per heavy atom. The van der Waals surface area contributed by atoms with E-state index in [0.717, 1.165) is 15.7 Å². The van der Waals surface area contributed by atoms with Crippen LogP contribution in [0.15, 0.2) is 34.9 Å². The molecule has 4 nitrogen and oxygen atoms in total. The van der Waals surface area contributed by atoms with Crippen LogP contribution in [0.1, 0.15) is 5.56 Å². The van der Waals surface area contributed by atoms with Crippen LogP contribution in [0.5, 0.6) is 0 Å². The molecule has 1 aromatic heterocycles. The molecule has 2 N–H and O–H groups in total. The van der Waals surface area contributed by atoms with Gasteiger partial charge in [-0.2, -0.15) is 0 Å². The number of aromatic nitrogens is 1. The fourth-order valence-electron chi connectivity index (χ4n) is 1.47. The monoisotopic (exact) mass is 340 g/mol. The number of ether oxygens (including phenoxy) is 1. The lowest BCUT2D eigenvalue weighted by Crippen LogP contribution is -1.97. The van der Waals surface area contributed by atoms with Crippen LogP contribution in [0.25, 0.3) is 11.3 Å². The Hall–Kier alpha value is -1.95. The van der Waals surface area contributed by atoms with Crippen molar-refractivity contribution < 1.29 is 13.9 Å². The Labute approximate surface area is 124 Å². The number of carbonyl (C=O) groups excluding carboxylic acids is 1. The van der Waals surface area contributed by atoms with Crippen molar-refractivity contribution in [3.05, 3.63) is 46.3 Å². The van der Waals surface area contributed by atoms with Gasteiger partial charge in [-0.15, -0.1) is 0 Å². The molecule has 0 bridgehead atoms. The molecule has 0 saturated carbocycles. The van der Waals surface area contributed by atoms with Crippen molar-refractivity contribution in [1.29, 1.82) is 0 Å². The van der Waals surface area contributed by atoms with Crippen LogP contribution in [0.4, 0.5) is 10.1 Å². The second kappa shape index (κ2) is 7.59. The predicted molar refractivity (Wildman–Crippen MR) is 79.6 cm³/mol. The Morgan fingerprint density at radius 3 is 2.40 bits per heavy atom. The van der Waals surface area contributed by atoms with Crippen molar-refractivity contribution in [3.8, 4) is 11.3 Å². The van der Waals surface area contributed by atoms with E-state index in [1.165, 1.54) is 19.2 Å². The topological polar surface area (TPSA) is 65.2 Å². The number of carbonyl (C=O) groups is 1. The highest BCUT2D eigenvalue weighted by atomic mass is 79.9. The number of nitrogens with two attached hydrogens (primary N) is 1. The molecule has 20 heavy (non-hydrogen) atoms. The maximum absolute atomic E-state index is 12.8. The van der Waals surface area contributed by atoms with E-state index in [2.05, 4.69) is 25.7 Å². The predicted octanol–water partition coefficient (Wildman–Crippen LogP) is 3.33. The van der Waals surface area contributed by atoms with Crippen LogP contribution in [0.2, 0.25) is 0 Å². The minimum absolute atomic E-state index is 0.269. The number of pyridine rings is 1. The normalized spacial score (nSPS) is 9.40. The zero-order valence-corrected chi connectivity index (χ0v) is 12.6. The molecule has 1 aromatic carbocycles. The summed E-state index contributed by atoms with van der Waals surface area (Å²) in [5.74, 6) is -0.269. The van der Waals surface area contributed by atoms with Gasteiger partial charge in [-0.05, 0) is 58.7 Å². The van der Waals surface area contributed by atoms with Gasteiger partial charge in [-0.3, -0.25) is 4.79 Å². The first-order chi connectivity index (χ1) is 9.49. The highest BCUT2D eigenvalue weighted by Crippen LogP contribution is 2.28. The number of nitrogens with zero attached hydrogens (tertiary/aromatic N) is 1. The van der Waals surface area contributed by atoms with Crippen molar-refractivity contribution in [2.75, 3.05) is 12.8 Å². The molecule has 0 radical (unpaired) electrons. The Bertz CT molecular complexity index is 588. The van der Waals surface area contributed by atoms with Gasteiger partial charge in [-0.1, -0.05) is 0 Å². The number of benzene rings is 1. The number of hydrogen-bond acceptors (Lipinski definition) is 4. The van der Waals surface area contributed by atoms with Gasteiger partial charge in [-0.25, -0.2) is 9.37 Å². The third-order valence-electron chi connectivity index (χ3n) is 2.45. The van der Waals surface area contributed by atoms with Gasteiger partial charge in [0.1, 0.15) is 10.4 Å². The van der Waals surface area contributed by atoms with E-state index in [4.69, 9.17) is 10.5 Å². The number of methoxy groups -OCH3 is 1. The molecule has 0 aliphatic rings. The summed E-state index contributed by atoms with van der Waals surface area (Å²) in [7, 11) is 1.31. The third kappa shape index (κ3) is 4.31. The van der Waals surface area contributed by atoms with Crippen LogP contribution in [0.3, 0.4) is 0 Å². The molecule has 106 valence electrons. The summed E-state index contributed by atoms with van der Waals surface area (Å²) < 4.78 is 17.4. The van der Waals surface area contributed by atoms with Gasteiger partial charge in [0.2, 0.25) is 0 Å². The third-order valence-corrected chi connectivity index (χ3v) is 2.85. The van der Waals surface area contributed by atoms with Gasteiger partial charge in [0.25, 0.3) is 6.47 Å². The Balaban J connectivity index is 0.000000444. The van der Waals surface area contributed by atoms with E-state index in [1.807, 2.05) is 13.0 Å². The molecule has 6 heteroatoms. The minimum atomic E-state index is -0.269. The average Bonchev–Trinajstić information content (AvgIpc) is 2.44. The maximum Gasteiger partial charge on any atom is 0.292 e. The average molecular weight is 341 g/mol. The van der Waals surface area contributed by atoms with Gasteiger partial charge >= 0.3 is 0 Å². The summed E-state index contributed by atoms with van der Waals surface area (Å²) in [6, 6.07) is 7.97. The molecular weight excluding hydrogens is 327 g/mol. The second-order valence-electron chi connectivity index (χ2n) is 3.86. The quantitative estimate of drug-likeness (QED) is 0.672. The van der Waals surface area contributed by atoms with E-state index in [-0.39, 0.29) is 5.82 Å². The van der Waals surface area contributed by atoms with Crippen LogP contribution in [-0.4, -0.2) is 18.6 Å². The minimum Gasteiger partial charge on any atom is -0.471 e. The van der Waals surface area contributed by atoms with Crippen molar-refractivity contribution >= 4 is 28.1 Å². The SMILES string of the molecule is COC=O.Cc1cc(Br)nc(-c2ccc(F)cc2)c1N. The Kier molecular flexibility index (Phi) is 6.11.